The molecule has 1 aromatic rings. The molecule has 0 bridgehead atoms. The molecular weight excluding hydrogens is 256 g/mol. The fourth-order valence-corrected chi connectivity index (χ4v) is 2.71. The quantitative estimate of drug-likeness (QED) is 0.810. The number of nitrogens with one attached hydrogen (secondary N) is 1. The summed E-state index contributed by atoms with van der Waals surface area (Å²) in [6.45, 7) is 0. The van der Waals surface area contributed by atoms with Crippen LogP contribution in [-0.4, -0.2) is 16.9 Å². The van der Waals surface area contributed by atoms with Crippen LogP contribution in [0.15, 0.2) is 24.3 Å². The van der Waals surface area contributed by atoms with Crippen molar-refractivity contribution in [1.29, 1.82) is 0 Å². The average molecular weight is 274 g/mol. The van der Waals surface area contributed by atoms with Gasteiger partial charge in [-0.1, -0.05) is 24.4 Å². The third-order valence-corrected chi connectivity index (χ3v) is 4.20. The Morgan fingerprint density at radius 3 is 2.32 bits per heavy atom. The highest BCUT2D eigenvalue weighted by Gasteiger charge is 2.42. The summed E-state index contributed by atoms with van der Waals surface area (Å²) in [5.41, 5.74) is 7.00. The number of rotatable bonds is 5. The summed E-state index contributed by atoms with van der Waals surface area (Å²) in [6, 6.07) is 7.62. The number of thiocarbonyl (C=S) groups is 1. The summed E-state index contributed by atoms with van der Waals surface area (Å²) in [4.78, 5) is 12.6. The maximum Gasteiger partial charge on any atom is 0.251 e. The van der Waals surface area contributed by atoms with Crippen LogP contribution in [0, 0.1) is 11.8 Å². The second-order valence-corrected chi connectivity index (χ2v) is 6.06. The molecule has 3 N–H and O–H groups in total. The lowest BCUT2D eigenvalue weighted by Gasteiger charge is -2.17. The smallest absolute Gasteiger partial charge is 0.251 e. The first kappa shape index (κ1) is 12.6. The molecule has 2 aliphatic rings. The average Bonchev–Trinajstić information content (AvgIpc) is 3.29. The number of carbonyl (C=O) groups is 1. The van der Waals surface area contributed by atoms with Gasteiger partial charge in [-0.15, -0.1) is 0 Å². The van der Waals surface area contributed by atoms with Crippen LogP contribution in [-0.2, 0) is 0 Å². The van der Waals surface area contributed by atoms with Gasteiger partial charge < -0.3 is 11.1 Å². The number of amides is 1. The molecule has 1 aromatic carbocycles. The van der Waals surface area contributed by atoms with Crippen molar-refractivity contribution in [3.63, 3.8) is 0 Å². The molecule has 0 spiro atoms. The normalized spacial score (nSPS) is 18.4. The summed E-state index contributed by atoms with van der Waals surface area (Å²) in [5.74, 6) is 1.41. The first-order valence-electron chi connectivity index (χ1n) is 6.86. The standard InChI is InChI=1S/C15H18N2OS/c16-14(19)11-2-1-3-12(8-11)15(18)17-13(9-4-5-9)10-6-7-10/h1-3,8-10,13H,4-7H2,(H2,16,19)(H,17,18). The fraction of sp³-hybridized carbons (Fsp3) is 0.467. The second kappa shape index (κ2) is 4.93. The van der Waals surface area contributed by atoms with Gasteiger partial charge in [0.15, 0.2) is 0 Å². The Hall–Kier alpha value is -1.42. The first-order chi connectivity index (χ1) is 9.15. The predicted molar refractivity (Wildman–Crippen MR) is 79.0 cm³/mol. The third-order valence-electron chi connectivity index (χ3n) is 3.97. The molecule has 3 nitrogen and oxygen atoms in total. The Kier molecular flexibility index (Phi) is 3.27. The summed E-state index contributed by atoms with van der Waals surface area (Å²) >= 11 is 4.95. The molecular formula is C15H18N2OS. The van der Waals surface area contributed by atoms with Crippen LogP contribution >= 0.6 is 12.2 Å². The van der Waals surface area contributed by atoms with E-state index in [2.05, 4.69) is 5.32 Å². The predicted octanol–water partition coefficient (Wildman–Crippen LogP) is 2.24. The number of nitrogens with two attached hydrogens (primary N) is 1. The highest BCUT2D eigenvalue weighted by molar-refractivity contribution is 7.80. The molecule has 1 amide bonds. The van der Waals surface area contributed by atoms with Crippen molar-refractivity contribution in [2.75, 3.05) is 0 Å². The minimum absolute atomic E-state index is 0.00176. The van der Waals surface area contributed by atoms with E-state index < -0.39 is 0 Å². The van der Waals surface area contributed by atoms with E-state index in [4.69, 9.17) is 18.0 Å². The van der Waals surface area contributed by atoms with Crippen molar-refractivity contribution < 1.29 is 4.79 Å². The minimum atomic E-state index is 0.00176. The van der Waals surface area contributed by atoms with Crippen LogP contribution in [0.3, 0.4) is 0 Å². The molecule has 0 aliphatic heterocycles. The van der Waals surface area contributed by atoms with Crippen molar-refractivity contribution in [3.05, 3.63) is 35.4 Å². The molecule has 0 saturated heterocycles. The van der Waals surface area contributed by atoms with Gasteiger partial charge in [0.1, 0.15) is 4.99 Å². The van der Waals surface area contributed by atoms with E-state index in [-0.39, 0.29) is 5.91 Å². The molecule has 19 heavy (non-hydrogen) atoms. The summed E-state index contributed by atoms with van der Waals surface area (Å²) < 4.78 is 0. The van der Waals surface area contributed by atoms with Gasteiger partial charge in [0, 0.05) is 17.2 Å². The van der Waals surface area contributed by atoms with E-state index in [0.29, 0.717) is 28.4 Å². The maximum atomic E-state index is 12.3. The van der Waals surface area contributed by atoms with Crippen LogP contribution in [0.4, 0.5) is 0 Å². The number of hydrogen-bond donors (Lipinski definition) is 2. The fourth-order valence-electron chi connectivity index (χ4n) is 2.58. The van der Waals surface area contributed by atoms with Crippen LogP contribution in [0.1, 0.15) is 41.6 Å². The van der Waals surface area contributed by atoms with Gasteiger partial charge in [0.05, 0.1) is 0 Å². The number of carbonyl (C=O) groups excluding carboxylic acids is 1. The molecule has 0 heterocycles. The van der Waals surface area contributed by atoms with Gasteiger partial charge in [0.2, 0.25) is 0 Å². The zero-order valence-electron chi connectivity index (χ0n) is 10.8. The Morgan fingerprint density at radius 2 is 1.79 bits per heavy atom. The van der Waals surface area contributed by atoms with Gasteiger partial charge in [-0.05, 0) is 49.7 Å². The molecule has 100 valence electrons. The molecule has 0 radical (unpaired) electrons. The lowest BCUT2D eigenvalue weighted by atomic mass is 10.1. The van der Waals surface area contributed by atoms with E-state index in [1.54, 1.807) is 6.07 Å². The molecule has 2 saturated carbocycles. The van der Waals surface area contributed by atoms with Crippen LogP contribution in [0.5, 0.6) is 0 Å². The first-order valence-corrected chi connectivity index (χ1v) is 7.26. The Morgan fingerprint density at radius 1 is 1.21 bits per heavy atom. The molecule has 0 atom stereocenters. The lowest BCUT2D eigenvalue weighted by molar-refractivity contribution is 0.0926. The Labute approximate surface area is 118 Å². The summed E-state index contributed by atoms with van der Waals surface area (Å²) in [5, 5.41) is 3.20. The van der Waals surface area contributed by atoms with Crippen molar-refractivity contribution in [3.8, 4) is 0 Å². The van der Waals surface area contributed by atoms with E-state index >= 15 is 0 Å². The van der Waals surface area contributed by atoms with E-state index in [1.165, 1.54) is 25.7 Å². The van der Waals surface area contributed by atoms with Gasteiger partial charge >= 0.3 is 0 Å². The van der Waals surface area contributed by atoms with Crippen molar-refractivity contribution in [1.82, 2.24) is 5.32 Å². The third kappa shape index (κ3) is 2.95. The van der Waals surface area contributed by atoms with Crippen molar-refractivity contribution in [2.45, 2.75) is 31.7 Å². The number of benzene rings is 1. The molecule has 0 aromatic heterocycles. The molecule has 3 rings (SSSR count). The molecule has 2 aliphatic carbocycles. The zero-order chi connectivity index (χ0) is 13.4. The minimum Gasteiger partial charge on any atom is -0.389 e. The van der Waals surface area contributed by atoms with Gasteiger partial charge in [0.25, 0.3) is 5.91 Å². The van der Waals surface area contributed by atoms with E-state index in [1.807, 2.05) is 18.2 Å². The SMILES string of the molecule is NC(=S)c1cccc(C(=O)NC(C2CC2)C2CC2)c1. The van der Waals surface area contributed by atoms with E-state index in [0.717, 1.165) is 5.56 Å². The van der Waals surface area contributed by atoms with Crippen LogP contribution in [0.25, 0.3) is 0 Å². The summed E-state index contributed by atoms with van der Waals surface area (Å²) in [6.07, 6.45) is 5.03. The maximum absolute atomic E-state index is 12.3. The Balaban J connectivity index is 1.72. The van der Waals surface area contributed by atoms with E-state index in [9.17, 15) is 4.79 Å². The lowest BCUT2D eigenvalue weighted by Crippen LogP contribution is -2.38. The largest absolute Gasteiger partial charge is 0.389 e. The Bertz CT molecular complexity index is 509. The van der Waals surface area contributed by atoms with Crippen molar-refractivity contribution in [2.24, 2.45) is 17.6 Å². The number of hydrogen-bond acceptors (Lipinski definition) is 2. The topological polar surface area (TPSA) is 55.1 Å². The highest BCUT2D eigenvalue weighted by Crippen LogP contribution is 2.44. The second-order valence-electron chi connectivity index (χ2n) is 5.62. The highest BCUT2D eigenvalue weighted by atomic mass is 32.1. The van der Waals surface area contributed by atoms with Crippen LogP contribution in [0.2, 0.25) is 0 Å². The molecule has 4 heteroatoms. The molecule has 0 unspecified atom stereocenters. The van der Waals surface area contributed by atoms with Gasteiger partial charge in [-0.2, -0.15) is 0 Å². The van der Waals surface area contributed by atoms with Crippen LogP contribution < -0.4 is 11.1 Å². The molecule has 2 fully saturated rings. The van der Waals surface area contributed by atoms with Crippen molar-refractivity contribution >= 4 is 23.1 Å². The summed E-state index contributed by atoms with van der Waals surface area (Å²) in [7, 11) is 0. The van der Waals surface area contributed by atoms with Gasteiger partial charge in [-0.25, -0.2) is 0 Å². The zero-order valence-corrected chi connectivity index (χ0v) is 11.6. The monoisotopic (exact) mass is 274 g/mol. The van der Waals surface area contributed by atoms with Gasteiger partial charge in [-0.3, -0.25) is 4.79 Å².